The normalized spacial score (nSPS) is 20.7. The van der Waals surface area contributed by atoms with Crippen LogP contribution in [-0.2, 0) is 21.5 Å². The van der Waals surface area contributed by atoms with Crippen LogP contribution in [0.2, 0.25) is 5.02 Å². The van der Waals surface area contributed by atoms with E-state index in [-0.39, 0.29) is 18.4 Å². The van der Waals surface area contributed by atoms with Gasteiger partial charge in [-0.05, 0) is 43.2 Å². The van der Waals surface area contributed by atoms with Gasteiger partial charge in [-0.15, -0.1) is 0 Å². The highest BCUT2D eigenvalue weighted by atomic mass is 35.5. The van der Waals surface area contributed by atoms with Gasteiger partial charge in [0.1, 0.15) is 12.6 Å². The third-order valence-corrected chi connectivity index (χ3v) is 6.26. The van der Waals surface area contributed by atoms with Crippen molar-refractivity contribution >= 4 is 40.5 Å². The monoisotopic (exact) mass is 420 g/mol. The van der Waals surface area contributed by atoms with Gasteiger partial charge in [0.15, 0.2) is 0 Å². The van der Waals surface area contributed by atoms with E-state index in [1.165, 1.54) is 5.01 Å². The predicted octanol–water partition coefficient (Wildman–Crippen LogP) is 3.69. The van der Waals surface area contributed by atoms with Gasteiger partial charge in [0, 0.05) is 28.0 Å². The van der Waals surface area contributed by atoms with E-state index in [0.717, 1.165) is 27.7 Å². The highest BCUT2D eigenvalue weighted by Crippen LogP contribution is 2.42. The summed E-state index contributed by atoms with van der Waals surface area (Å²) >= 11 is 6.02. The molecule has 1 atom stereocenters. The minimum Gasteiger partial charge on any atom is -0.356 e. The number of amides is 2. The van der Waals surface area contributed by atoms with Crippen molar-refractivity contribution in [3.8, 4) is 0 Å². The van der Waals surface area contributed by atoms with Crippen LogP contribution in [0.5, 0.6) is 0 Å². The number of para-hydroxylation sites is 1. The first-order chi connectivity index (χ1) is 14.4. The molecular formula is C23H21ClN4O2. The molecule has 7 heteroatoms. The first-order valence-electron chi connectivity index (χ1n) is 9.89. The summed E-state index contributed by atoms with van der Waals surface area (Å²) in [5.41, 5.74) is 3.27. The third kappa shape index (κ3) is 2.82. The van der Waals surface area contributed by atoms with Gasteiger partial charge in [-0.25, -0.2) is 5.01 Å². The van der Waals surface area contributed by atoms with Crippen LogP contribution in [0.15, 0.2) is 53.6 Å². The number of hydrogen-bond acceptors (Lipinski definition) is 3. The van der Waals surface area contributed by atoms with Crippen LogP contribution >= 0.6 is 11.6 Å². The van der Waals surface area contributed by atoms with Gasteiger partial charge < -0.3 is 9.88 Å². The summed E-state index contributed by atoms with van der Waals surface area (Å²) in [5.74, 6) is -0.283. The fourth-order valence-electron chi connectivity index (χ4n) is 4.69. The summed E-state index contributed by atoms with van der Waals surface area (Å²) in [7, 11) is 0. The zero-order chi connectivity index (χ0) is 21.0. The van der Waals surface area contributed by atoms with E-state index in [2.05, 4.69) is 16.2 Å². The van der Waals surface area contributed by atoms with E-state index in [1.54, 1.807) is 23.2 Å². The molecule has 0 unspecified atom stereocenters. The maximum Gasteiger partial charge on any atom is 0.266 e. The highest BCUT2D eigenvalue weighted by Gasteiger charge is 2.51. The Morgan fingerprint density at radius 3 is 2.77 bits per heavy atom. The van der Waals surface area contributed by atoms with Gasteiger partial charge in [0.05, 0.1) is 11.8 Å². The Hall–Kier alpha value is -3.12. The second-order valence-electron chi connectivity index (χ2n) is 8.26. The molecule has 0 saturated carbocycles. The van der Waals surface area contributed by atoms with Gasteiger partial charge >= 0.3 is 0 Å². The van der Waals surface area contributed by atoms with Gasteiger partial charge in [0.25, 0.3) is 5.91 Å². The number of rotatable bonds is 2. The molecule has 2 aliphatic rings. The Morgan fingerprint density at radius 1 is 1.17 bits per heavy atom. The van der Waals surface area contributed by atoms with E-state index >= 15 is 0 Å². The summed E-state index contributed by atoms with van der Waals surface area (Å²) in [5, 5.41) is 7.28. The largest absolute Gasteiger partial charge is 0.356 e. The lowest BCUT2D eigenvalue weighted by atomic mass is 9.82. The Kier molecular flexibility index (Phi) is 4.22. The zero-order valence-electron chi connectivity index (χ0n) is 16.7. The van der Waals surface area contributed by atoms with Gasteiger partial charge in [-0.3, -0.25) is 9.59 Å². The van der Waals surface area contributed by atoms with Crippen LogP contribution in [-0.4, -0.2) is 45.5 Å². The highest BCUT2D eigenvalue weighted by molar-refractivity contribution is 6.30. The summed E-state index contributed by atoms with van der Waals surface area (Å²) in [4.78, 5) is 31.6. The van der Waals surface area contributed by atoms with Crippen molar-refractivity contribution in [2.45, 2.75) is 31.8 Å². The molecule has 2 aromatic carbocycles. The van der Waals surface area contributed by atoms with E-state index in [1.807, 2.05) is 44.2 Å². The van der Waals surface area contributed by atoms with Crippen molar-refractivity contribution < 1.29 is 9.59 Å². The Bertz CT molecular complexity index is 1210. The molecule has 1 aromatic heterocycles. The topological polar surface area (TPSA) is 68.8 Å². The van der Waals surface area contributed by atoms with Crippen LogP contribution in [0.1, 0.15) is 30.7 Å². The molecule has 0 aliphatic carbocycles. The Labute approximate surface area is 179 Å². The number of nitrogens with one attached hydrogen (secondary N) is 1. The quantitative estimate of drug-likeness (QED) is 0.642. The van der Waals surface area contributed by atoms with Crippen LogP contribution in [0.25, 0.3) is 10.9 Å². The van der Waals surface area contributed by atoms with Gasteiger partial charge in [0.2, 0.25) is 5.91 Å². The molecule has 1 saturated heterocycles. The Balaban J connectivity index is 1.52. The number of benzene rings is 2. The van der Waals surface area contributed by atoms with E-state index < -0.39 is 11.6 Å². The van der Waals surface area contributed by atoms with E-state index in [4.69, 9.17) is 11.6 Å². The molecule has 152 valence electrons. The molecule has 2 aliphatic heterocycles. The molecule has 1 fully saturated rings. The molecule has 30 heavy (non-hydrogen) atoms. The lowest BCUT2D eigenvalue weighted by Crippen LogP contribution is -2.66. The summed E-state index contributed by atoms with van der Waals surface area (Å²) in [6.07, 6.45) is 2.04. The first-order valence-corrected chi connectivity index (χ1v) is 10.3. The Morgan fingerprint density at radius 2 is 1.97 bits per heavy atom. The number of aromatic amines is 1. The smallest absolute Gasteiger partial charge is 0.266 e. The number of H-pyrrole nitrogens is 1. The molecule has 0 bridgehead atoms. The second-order valence-corrected chi connectivity index (χ2v) is 8.70. The van der Waals surface area contributed by atoms with Crippen molar-refractivity contribution in [3.05, 3.63) is 70.4 Å². The lowest BCUT2D eigenvalue weighted by molar-refractivity contribution is -0.163. The summed E-state index contributed by atoms with van der Waals surface area (Å²) < 4.78 is 0. The number of carbonyl (C=O) groups excluding carboxylic acids is 2. The maximum atomic E-state index is 13.3. The fraction of sp³-hybridized carbons (Fsp3) is 0.261. The van der Waals surface area contributed by atoms with Crippen LogP contribution in [0.4, 0.5) is 0 Å². The molecule has 0 spiro atoms. The molecular weight excluding hydrogens is 400 g/mol. The summed E-state index contributed by atoms with van der Waals surface area (Å²) in [6, 6.07) is 14.7. The summed E-state index contributed by atoms with van der Waals surface area (Å²) in [6.45, 7) is 3.90. The molecule has 3 aromatic rings. The van der Waals surface area contributed by atoms with E-state index in [0.29, 0.717) is 11.4 Å². The number of nitrogens with zero attached hydrogens (tertiary/aromatic N) is 3. The van der Waals surface area contributed by atoms with Crippen molar-refractivity contribution in [2.75, 3.05) is 6.54 Å². The first kappa shape index (κ1) is 18.9. The predicted molar refractivity (Wildman–Crippen MR) is 116 cm³/mol. The number of carbonyl (C=O) groups is 2. The van der Waals surface area contributed by atoms with Crippen molar-refractivity contribution in [2.24, 2.45) is 5.10 Å². The SMILES string of the molecule is CC1(C)c2[nH]c3ccccc3c2C[C@H]2C(=O)N(N=Cc3cccc(Cl)c3)CC(=O)N21. The molecule has 2 amide bonds. The van der Waals surface area contributed by atoms with Crippen molar-refractivity contribution in [3.63, 3.8) is 0 Å². The second kappa shape index (κ2) is 6.71. The van der Waals surface area contributed by atoms with Crippen LogP contribution in [0, 0.1) is 0 Å². The number of fused-ring (bicyclic) bond motifs is 4. The van der Waals surface area contributed by atoms with E-state index in [9.17, 15) is 9.59 Å². The number of halogens is 1. The maximum absolute atomic E-state index is 13.3. The zero-order valence-corrected chi connectivity index (χ0v) is 17.5. The molecule has 1 N–H and O–H groups in total. The number of hydrazone groups is 1. The number of aromatic nitrogens is 1. The average molecular weight is 421 g/mol. The molecule has 0 radical (unpaired) electrons. The minimum atomic E-state index is -0.618. The van der Waals surface area contributed by atoms with Crippen LogP contribution < -0.4 is 0 Å². The number of piperazine rings is 1. The van der Waals surface area contributed by atoms with Crippen molar-refractivity contribution in [1.29, 1.82) is 0 Å². The molecule has 5 rings (SSSR count). The standard InChI is InChI=1S/C23H21ClN4O2/c1-23(2)21-17(16-8-3-4-9-18(16)26-21)11-19-22(30)27(13-20(29)28(19)23)25-12-14-6-5-7-15(24)10-14/h3-10,12,19,26H,11,13H2,1-2H3/t19-/m0/s1. The minimum absolute atomic E-state index is 0.0780. The van der Waals surface area contributed by atoms with Gasteiger partial charge in [-0.1, -0.05) is 41.9 Å². The van der Waals surface area contributed by atoms with Crippen LogP contribution in [0.3, 0.4) is 0 Å². The third-order valence-electron chi connectivity index (χ3n) is 6.02. The van der Waals surface area contributed by atoms with Crippen molar-refractivity contribution in [1.82, 2.24) is 14.9 Å². The average Bonchev–Trinajstić information content (AvgIpc) is 3.09. The molecule has 3 heterocycles. The number of hydrogen-bond donors (Lipinski definition) is 1. The van der Waals surface area contributed by atoms with Gasteiger partial charge in [-0.2, -0.15) is 5.10 Å². The molecule has 6 nitrogen and oxygen atoms in total. The lowest BCUT2D eigenvalue weighted by Gasteiger charge is -2.50. The fourth-order valence-corrected chi connectivity index (χ4v) is 4.89.